The molecule has 0 aliphatic carbocycles. The van der Waals surface area contributed by atoms with Gasteiger partial charge in [-0.05, 0) is 36.8 Å². The van der Waals surface area contributed by atoms with Crippen LogP contribution in [0, 0.1) is 17.8 Å². The molecule has 0 aromatic heterocycles. The number of hydrogen-bond acceptors (Lipinski definition) is 4. The second-order valence-electron chi connectivity index (χ2n) is 6.46. The first-order valence-corrected chi connectivity index (χ1v) is 8.44. The molecule has 0 saturated carbocycles. The molecule has 2 heterocycles. The smallest absolute Gasteiger partial charge is 0.308 e. The van der Waals surface area contributed by atoms with E-state index in [1.807, 2.05) is 24.3 Å². The van der Waals surface area contributed by atoms with E-state index in [2.05, 4.69) is 5.32 Å². The van der Waals surface area contributed by atoms with Crippen molar-refractivity contribution in [2.24, 2.45) is 17.8 Å². The SMILES string of the molecule is O=C(NCC(C(=O)O)C1CCOCC1)C1COc2ccccc2C1. The Morgan fingerprint density at radius 3 is 2.75 bits per heavy atom. The maximum atomic E-state index is 12.4. The highest BCUT2D eigenvalue weighted by Gasteiger charge is 2.32. The lowest BCUT2D eigenvalue weighted by molar-refractivity contribution is -0.145. The minimum absolute atomic E-state index is 0.0554. The molecule has 2 atom stereocenters. The van der Waals surface area contributed by atoms with E-state index in [0.29, 0.717) is 26.2 Å². The van der Waals surface area contributed by atoms with Crippen LogP contribution in [0.1, 0.15) is 18.4 Å². The lowest BCUT2D eigenvalue weighted by atomic mass is 9.85. The molecule has 1 amide bonds. The van der Waals surface area contributed by atoms with E-state index in [1.165, 1.54) is 0 Å². The highest BCUT2D eigenvalue weighted by molar-refractivity contribution is 5.80. The third-order valence-electron chi connectivity index (χ3n) is 4.90. The van der Waals surface area contributed by atoms with Gasteiger partial charge in [0.05, 0.1) is 11.8 Å². The Hall–Kier alpha value is -2.08. The Bertz CT molecular complexity index is 597. The average molecular weight is 333 g/mol. The minimum Gasteiger partial charge on any atom is -0.492 e. The van der Waals surface area contributed by atoms with Crippen molar-refractivity contribution in [3.63, 3.8) is 0 Å². The molecular weight excluding hydrogens is 310 g/mol. The van der Waals surface area contributed by atoms with E-state index in [0.717, 1.165) is 24.2 Å². The van der Waals surface area contributed by atoms with Gasteiger partial charge in [0.1, 0.15) is 12.4 Å². The molecule has 0 spiro atoms. The van der Waals surface area contributed by atoms with E-state index >= 15 is 0 Å². The molecular formula is C18H23NO5. The van der Waals surface area contributed by atoms with Crippen LogP contribution in [-0.4, -0.2) is 43.3 Å². The number of rotatable bonds is 5. The maximum absolute atomic E-state index is 12.4. The van der Waals surface area contributed by atoms with Crippen molar-refractivity contribution in [2.45, 2.75) is 19.3 Å². The fourth-order valence-corrected chi connectivity index (χ4v) is 3.43. The summed E-state index contributed by atoms with van der Waals surface area (Å²) in [5.74, 6) is -0.944. The van der Waals surface area contributed by atoms with Crippen molar-refractivity contribution in [1.82, 2.24) is 5.32 Å². The van der Waals surface area contributed by atoms with E-state index in [4.69, 9.17) is 9.47 Å². The van der Waals surface area contributed by atoms with Gasteiger partial charge in [0.2, 0.25) is 5.91 Å². The van der Waals surface area contributed by atoms with Crippen LogP contribution in [0.15, 0.2) is 24.3 Å². The third-order valence-corrected chi connectivity index (χ3v) is 4.90. The zero-order valence-electron chi connectivity index (χ0n) is 13.6. The largest absolute Gasteiger partial charge is 0.492 e. The van der Waals surface area contributed by atoms with Crippen LogP contribution < -0.4 is 10.1 Å². The van der Waals surface area contributed by atoms with Crippen molar-refractivity contribution < 1.29 is 24.2 Å². The van der Waals surface area contributed by atoms with Crippen LogP contribution in [0.3, 0.4) is 0 Å². The Kier molecular flexibility index (Phi) is 5.35. The maximum Gasteiger partial charge on any atom is 0.308 e. The Labute approximate surface area is 141 Å². The summed E-state index contributed by atoms with van der Waals surface area (Å²) in [5, 5.41) is 12.3. The molecule has 6 heteroatoms. The fourth-order valence-electron chi connectivity index (χ4n) is 3.43. The normalized spacial score (nSPS) is 22.1. The molecule has 1 aromatic rings. The molecule has 0 bridgehead atoms. The summed E-state index contributed by atoms with van der Waals surface area (Å²) in [7, 11) is 0. The van der Waals surface area contributed by atoms with Crippen LogP contribution in [0.5, 0.6) is 5.75 Å². The van der Waals surface area contributed by atoms with E-state index in [-0.39, 0.29) is 24.3 Å². The van der Waals surface area contributed by atoms with E-state index < -0.39 is 11.9 Å². The molecule has 24 heavy (non-hydrogen) atoms. The first-order chi connectivity index (χ1) is 11.6. The molecule has 1 saturated heterocycles. The number of fused-ring (bicyclic) bond motifs is 1. The van der Waals surface area contributed by atoms with Crippen molar-refractivity contribution in [1.29, 1.82) is 0 Å². The van der Waals surface area contributed by atoms with Gasteiger partial charge in [0.15, 0.2) is 0 Å². The van der Waals surface area contributed by atoms with Gasteiger partial charge in [-0.3, -0.25) is 9.59 Å². The summed E-state index contributed by atoms with van der Waals surface area (Å²) in [6.07, 6.45) is 2.08. The van der Waals surface area contributed by atoms with Crippen molar-refractivity contribution >= 4 is 11.9 Å². The summed E-state index contributed by atoms with van der Waals surface area (Å²) < 4.78 is 10.9. The number of carbonyl (C=O) groups is 2. The van der Waals surface area contributed by atoms with Crippen molar-refractivity contribution in [2.75, 3.05) is 26.4 Å². The standard InChI is InChI=1S/C18H23NO5/c20-17(14-9-13-3-1-2-4-16(13)24-11-14)19-10-15(18(21)22)12-5-7-23-8-6-12/h1-4,12,14-15H,5-11H2,(H,19,20)(H,21,22). The van der Waals surface area contributed by atoms with Gasteiger partial charge in [0, 0.05) is 19.8 Å². The number of ether oxygens (including phenoxy) is 2. The molecule has 2 aliphatic rings. The summed E-state index contributed by atoms with van der Waals surface area (Å²) in [4.78, 5) is 23.9. The summed E-state index contributed by atoms with van der Waals surface area (Å²) in [6.45, 7) is 1.68. The predicted molar refractivity (Wildman–Crippen MR) is 86.8 cm³/mol. The van der Waals surface area contributed by atoms with Crippen molar-refractivity contribution in [3.8, 4) is 5.75 Å². The predicted octanol–water partition coefficient (Wildman–Crippen LogP) is 1.48. The van der Waals surface area contributed by atoms with Gasteiger partial charge >= 0.3 is 5.97 Å². The minimum atomic E-state index is -0.854. The lowest BCUT2D eigenvalue weighted by Crippen LogP contribution is -2.43. The number of aliphatic carboxylic acids is 1. The Morgan fingerprint density at radius 2 is 2.00 bits per heavy atom. The quantitative estimate of drug-likeness (QED) is 0.853. The topological polar surface area (TPSA) is 84.9 Å². The van der Waals surface area contributed by atoms with Crippen LogP contribution in [-0.2, 0) is 20.7 Å². The van der Waals surface area contributed by atoms with Gasteiger partial charge in [0.25, 0.3) is 0 Å². The molecule has 6 nitrogen and oxygen atoms in total. The molecule has 3 rings (SSSR count). The number of para-hydroxylation sites is 1. The molecule has 2 unspecified atom stereocenters. The molecule has 0 radical (unpaired) electrons. The van der Waals surface area contributed by atoms with Crippen LogP contribution in [0.25, 0.3) is 0 Å². The molecule has 2 N–H and O–H groups in total. The van der Waals surface area contributed by atoms with Gasteiger partial charge in [-0.2, -0.15) is 0 Å². The Balaban J connectivity index is 1.55. The number of benzene rings is 1. The average Bonchev–Trinajstić information content (AvgIpc) is 2.62. The number of amides is 1. The first kappa shape index (κ1) is 16.8. The molecule has 1 fully saturated rings. The number of hydrogen-bond donors (Lipinski definition) is 2. The first-order valence-electron chi connectivity index (χ1n) is 8.44. The number of carboxylic acids is 1. The highest BCUT2D eigenvalue weighted by atomic mass is 16.5. The van der Waals surface area contributed by atoms with Crippen LogP contribution in [0.4, 0.5) is 0 Å². The lowest BCUT2D eigenvalue weighted by Gasteiger charge is -2.29. The van der Waals surface area contributed by atoms with Gasteiger partial charge in [-0.25, -0.2) is 0 Å². The number of carbonyl (C=O) groups excluding carboxylic acids is 1. The summed E-state index contributed by atoms with van der Waals surface area (Å²) in [6, 6.07) is 7.69. The second-order valence-corrected chi connectivity index (χ2v) is 6.46. The number of carboxylic acid groups (broad SMARTS) is 1. The van der Waals surface area contributed by atoms with Crippen LogP contribution in [0.2, 0.25) is 0 Å². The van der Waals surface area contributed by atoms with E-state index in [9.17, 15) is 14.7 Å². The second kappa shape index (κ2) is 7.66. The van der Waals surface area contributed by atoms with Crippen molar-refractivity contribution in [3.05, 3.63) is 29.8 Å². The van der Waals surface area contributed by atoms with Gasteiger partial charge in [-0.1, -0.05) is 18.2 Å². The molecule has 130 valence electrons. The van der Waals surface area contributed by atoms with Gasteiger partial charge in [-0.15, -0.1) is 0 Å². The monoisotopic (exact) mass is 333 g/mol. The van der Waals surface area contributed by atoms with Crippen LogP contribution >= 0.6 is 0 Å². The Morgan fingerprint density at radius 1 is 1.25 bits per heavy atom. The number of nitrogens with one attached hydrogen (secondary N) is 1. The summed E-state index contributed by atoms with van der Waals surface area (Å²) >= 11 is 0. The molecule has 2 aliphatic heterocycles. The van der Waals surface area contributed by atoms with Gasteiger partial charge < -0.3 is 19.9 Å². The third kappa shape index (κ3) is 3.87. The zero-order chi connectivity index (χ0) is 16.9. The summed E-state index contributed by atoms with van der Waals surface area (Å²) in [5.41, 5.74) is 1.02. The zero-order valence-corrected chi connectivity index (χ0v) is 13.6. The van der Waals surface area contributed by atoms with E-state index in [1.54, 1.807) is 0 Å². The highest BCUT2D eigenvalue weighted by Crippen LogP contribution is 2.27. The molecule has 1 aromatic carbocycles. The fraction of sp³-hybridized carbons (Fsp3) is 0.556.